The first kappa shape index (κ1) is 16.0. The number of carbonyl (C=O) groups excluding carboxylic acids is 2. The number of allylic oxidation sites excluding steroid dienone is 4. The number of hydrogen-bond acceptors (Lipinski definition) is 3. The van der Waals surface area contributed by atoms with E-state index in [1.54, 1.807) is 6.92 Å². The number of carbonyl (C=O) groups is 2. The number of rotatable bonds is 1. The summed E-state index contributed by atoms with van der Waals surface area (Å²) >= 11 is 0. The summed E-state index contributed by atoms with van der Waals surface area (Å²) < 4.78 is 0. The molecular weight excluding hydrogens is 312 g/mol. The van der Waals surface area contributed by atoms with Gasteiger partial charge in [0.05, 0.1) is 0 Å². The Labute approximate surface area is 149 Å². The fourth-order valence-corrected chi connectivity index (χ4v) is 7.49. The van der Waals surface area contributed by atoms with E-state index < -0.39 is 5.60 Å². The normalized spacial score (nSPS) is 55.6. The summed E-state index contributed by atoms with van der Waals surface area (Å²) in [6.07, 6.45) is 11.0. The predicted molar refractivity (Wildman–Crippen MR) is 94.6 cm³/mol. The van der Waals surface area contributed by atoms with E-state index >= 15 is 0 Å². The van der Waals surface area contributed by atoms with E-state index in [4.69, 9.17) is 0 Å². The summed E-state index contributed by atoms with van der Waals surface area (Å²) in [7, 11) is 0. The van der Waals surface area contributed by atoms with E-state index in [9.17, 15) is 14.7 Å². The zero-order valence-electron chi connectivity index (χ0n) is 15.4. The van der Waals surface area contributed by atoms with Crippen molar-refractivity contribution in [3.63, 3.8) is 0 Å². The van der Waals surface area contributed by atoms with Gasteiger partial charge in [0.1, 0.15) is 5.60 Å². The molecule has 0 bridgehead atoms. The van der Waals surface area contributed by atoms with Crippen LogP contribution in [0.4, 0.5) is 0 Å². The molecule has 0 radical (unpaired) electrons. The van der Waals surface area contributed by atoms with Gasteiger partial charge in [-0.3, -0.25) is 9.59 Å². The summed E-state index contributed by atoms with van der Waals surface area (Å²) in [4.78, 5) is 24.5. The number of hydrogen-bond donors (Lipinski definition) is 1. The molecule has 0 amide bonds. The van der Waals surface area contributed by atoms with Gasteiger partial charge in [-0.25, -0.2) is 0 Å². The summed E-state index contributed by atoms with van der Waals surface area (Å²) in [6.45, 7) is 6.08. The quantitative estimate of drug-likeness (QED) is 0.795. The van der Waals surface area contributed by atoms with Crippen molar-refractivity contribution < 1.29 is 14.7 Å². The van der Waals surface area contributed by atoms with Crippen LogP contribution >= 0.6 is 0 Å². The molecule has 8 atom stereocenters. The maximum Gasteiger partial charge on any atom is 0.161 e. The third-order valence-electron chi connectivity index (χ3n) is 9.18. The van der Waals surface area contributed by atoms with Crippen molar-refractivity contribution in [3.05, 3.63) is 23.8 Å². The van der Waals surface area contributed by atoms with Crippen molar-refractivity contribution in [2.45, 2.75) is 58.5 Å². The van der Waals surface area contributed by atoms with E-state index in [1.807, 2.05) is 6.08 Å². The SMILES string of the molecule is CC(=O)[C@@]1(O)CC[C@H]2[C@@H]3C=CC4=CC(=O)C5CC5[C@@]4(C)[C@@H]3CC[C@@]21C. The molecule has 3 heteroatoms. The molecule has 0 spiro atoms. The highest BCUT2D eigenvalue weighted by Gasteiger charge is 2.68. The third kappa shape index (κ3) is 1.67. The maximum atomic E-state index is 12.3. The summed E-state index contributed by atoms with van der Waals surface area (Å²) in [5, 5.41) is 11.2. The molecule has 5 aliphatic carbocycles. The second kappa shape index (κ2) is 4.54. The molecule has 5 rings (SSSR count). The van der Waals surface area contributed by atoms with Crippen molar-refractivity contribution in [1.82, 2.24) is 0 Å². The van der Waals surface area contributed by atoms with Crippen LogP contribution in [-0.2, 0) is 9.59 Å². The highest BCUT2D eigenvalue weighted by atomic mass is 16.3. The van der Waals surface area contributed by atoms with Gasteiger partial charge in [-0.2, -0.15) is 0 Å². The molecular formula is C22H28O3. The lowest BCUT2D eigenvalue weighted by molar-refractivity contribution is -0.156. The standard InChI is InChI=1S/C22H28O3/c1-12(23)22(25)9-7-16-14-5-4-13-10-19(24)15-11-18(15)21(13,3)17(14)6-8-20(16,22)2/h4-5,10,14-18,25H,6-9,11H2,1-3H3/t14-,15?,16-,17+,18?,20-,21+,22-/m0/s1. The molecule has 134 valence electrons. The zero-order valence-corrected chi connectivity index (χ0v) is 15.4. The zero-order chi connectivity index (χ0) is 17.8. The molecule has 0 saturated heterocycles. The van der Waals surface area contributed by atoms with Crippen LogP contribution in [0.15, 0.2) is 23.8 Å². The predicted octanol–water partition coefficient (Wildman–Crippen LogP) is 3.47. The largest absolute Gasteiger partial charge is 0.382 e. The minimum atomic E-state index is -1.15. The van der Waals surface area contributed by atoms with Gasteiger partial charge in [-0.05, 0) is 79.8 Å². The Morgan fingerprint density at radius 1 is 1.16 bits per heavy atom. The van der Waals surface area contributed by atoms with Crippen LogP contribution in [0.2, 0.25) is 0 Å². The molecule has 0 aliphatic heterocycles. The maximum absolute atomic E-state index is 12.3. The molecule has 3 fully saturated rings. The summed E-state index contributed by atoms with van der Waals surface area (Å²) in [5.74, 6) is 2.36. The van der Waals surface area contributed by atoms with Gasteiger partial charge in [0, 0.05) is 11.3 Å². The smallest absolute Gasteiger partial charge is 0.161 e. The van der Waals surface area contributed by atoms with E-state index in [0.29, 0.717) is 35.9 Å². The van der Waals surface area contributed by atoms with Gasteiger partial charge in [-0.15, -0.1) is 0 Å². The monoisotopic (exact) mass is 340 g/mol. The van der Waals surface area contributed by atoms with Gasteiger partial charge in [0.2, 0.25) is 0 Å². The van der Waals surface area contributed by atoms with Gasteiger partial charge < -0.3 is 5.11 Å². The fraction of sp³-hybridized carbons (Fsp3) is 0.727. The van der Waals surface area contributed by atoms with Crippen molar-refractivity contribution in [2.24, 2.45) is 40.4 Å². The van der Waals surface area contributed by atoms with Crippen LogP contribution in [0.5, 0.6) is 0 Å². The number of aliphatic hydroxyl groups is 1. The molecule has 0 aromatic rings. The number of Topliss-reactive ketones (excluding diaryl/α,β-unsaturated/α-hetero) is 1. The molecule has 0 aromatic carbocycles. The molecule has 3 nitrogen and oxygen atoms in total. The minimum Gasteiger partial charge on any atom is -0.382 e. The summed E-state index contributed by atoms with van der Waals surface area (Å²) in [6, 6.07) is 0. The van der Waals surface area contributed by atoms with Gasteiger partial charge >= 0.3 is 0 Å². The first-order chi connectivity index (χ1) is 11.7. The number of ketones is 2. The van der Waals surface area contributed by atoms with Crippen LogP contribution in [-0.4, -0.2) is 22.3 Å². The molecule has 1 N–H and O–H groups in total. The Bertz CT molecular complexity index is 748. The van der Waals surface area contributed by atoms with E-state index in [0.717, 1.165) is 25.7 Å². The van der Waals surface area contributed by atoms with Crippen LogP contribution < -0.4 is 0 Å². The number of fused-ring (bicyclic) bond motifs is 7. The molecule has 0 aromatic heterocycles. The van der Waals surface area contributed by atoms with Crippen molar-refractivity contribution >= 4 is 11.6 Å². The molecule has 2 unspecified atom stereocenters. The second-order valence-corrected chi connectivity index (χ2v) is 9.79. The minimum absolute atomic E-state index is 0.0620. The first-order valence-corrected chi connectivity index (χ1v) is 9.91. The highest BCUT2D eigenvalue weighted by molar-refractivity contribution is 5.97. The summed E-state index contributed by atoms with van der Waals surface area (Å²) in [5.41, 5.74) is -0.120. The third-order valence-corrected chi connectivity index (χ3v) is 9.18. The lowest BCUT2D eigenvalue weighted by Crippen LogP contribution is -2.56. The van der Waals surface area contributed by atoms with Gasteiger partial charge in [-0.1, -0.05) is 26.0 Å². The Morgan fingerprint density at radius 2 is 1.88 bits per heavy atom. The first-order valence-electron chi connectivity index (χ1n) is 9.91. The van der Waals surface area contributed by atoms with Crippen molar-refractivity contribution in [2.75, 3.05) is 0 Å². The van der Waals surface area contributed by atoms with Crippen LogP contribution in [0.1, 0.15) is 52.9 Å². The molecule has 3 saturated carbocycles. The average Bonchev–Trinajstić information content (AvgIpc) is 3.32. The van der Waals surface area contributed by atoms with Crippen molar-refractivity contribution in [1.29, 1.82) is 0 Å². The lowest BCUT2D eigenvalue weighted by Gasteiger charge is -2.57. The van der Waals surface area contributed by atoms with E-state index in [2.05, 4.69) is 26.0 Å². The lowest BCUT2D eigenvalue weighted by atomic mass is 9.47. The van der Waals surface area contributed by atoms with Gasteiger partial charge in [0.15, 0.2) is 11.6 Å². The van der Waals surface area contributed by atoms with E-state index in [-0.39, 0.29) is 22.5 Å². The van der Waals surface area contributed by atoms with Crippen LogP contribution in [0.25, 0.3) is 0 Å². The average molecular weight is 340 g/mol. The van der Waals surface area contributed by atoms with Crippen LogP contribution in [0, 0.1) is 40.4 Å². The highest BCUT2D eigenvalue weighted by Crippen LogP contribution is 2.70. The fourth-order valence-electron chi connectivity index (χ4n) is 7.49. The Hall–Kier alpha value is -1.22. The van der Waals surface area contributed by atoms with Crippen molar-refractivity contribution in [3.8, 4) is 0 Å². The molecule has 25 heavy (non-hydrogen) atoms. The van der Waals surface area contributed by atoms with Crippen LogP contribution in [0.3, 0.4) is 0 Å². The molecule has 0 heterocycles. The second-order valence-electron chi connectivity index (χ2n) is 9.79. The topological polar surface area (TPSA) is 54.4 Å². The Morgan fingerprint density at radius 3 is 2.60 bits per heavy atom. The van der Waals surface area contributed by atoms with E-state index in [1.165, 1.54) is 5.57 Å². The molecule has 5 aliphatic rings. The van der Waals surface area contributed by atoms with Gasteiger partial charge in [0.25, 0.3) is 0 Å². The Balaban J connectivity index is 1.58. The Kier molecular flexibility index (Phi) is 2.90.